The number of anilines is 2. The third-order valence-corrected chi connectivity index (χ3v) is 4.76. The Balaban J connectivity index is 2.28. The Morgan fingerprint density at radius 3 is 2.59 bits per heavy atom. The summed E-state index contributed by atoms with van der Waals surface area (Å²) in [5.74, 6) is -0.675. The highest BCUT2D eigenvalue weighted by atomic mass is 16.2. The summed E-state index contributed by atoms with van der Waals surface area (Å²) in [6, 6.07) is 0. The van der Waals surface area contributed by atoms with Crippen LogP contribution in [-0.2, 0) is 16.1 Å². The summed E-state index contributed by atoms with van der Waals surface area (Å²) in [6.07, 6.45) is 1.68. The van der Waals surface area contributed by atoms with E-state index in [0.29, 0.717) is 32.0 Å². The molecule has 1 aliphatic rings. The van der Waals surface area contributed by atoms with E-state index >= 15 is 0 Å². The Morgan fingerprint density at radius 1 is 1.33 bits per heavy atom. The number of nitrogens with zero attached hydrogens (tertiary/aromatic N) is 3. The minimum absolute atomic E-state index is 0.0311. The zero-order valence-electron chi connectivity index (χ0n) is 16.4. The molecule has 1 saturated heterocycles. The highest BCUT2D eigenvalue weighted by molar-refractivity contribution is 6.00. The molecule has 9 nitrogen and oxygen atoms in total. The lowest BCUT2D eigenvalue weighted by atomic mass is 10.1. The molecule has 150 valence electrons. The summed E-state index contributed by atoms with van der Waals surface area (Å²) in [5.41, 5.74) is 4.71. The molecule has 1 aromatic heterocycles. The van der Waals surface area contributed by atoms with Gasteiger partial charge in [-0.25, -0.2) is 4.79 Å². The van der Waals surface area contributed by atoms with Crippen LogP contribution >= 0.6 is 0 Å². The number of amides is 2. The number of hydrogen-bond donors (Lipinski definition) is 2. The fourth-order valence-corrected chi connectivity index (χ4v) is 3.38. The van der Waals surface area contributed by atoms with Gasteiger partial charge in [0.15, 0.2) is 5.69 Å². The van der Waals surface area contributed by atoms with Crippen molar-refractivity contribution in [2.24, 2.45) is 11.8 Å². The van der Waals surface area contributed by atoms with E-state index in [4.69, 9.17) is 5.73 Å². The van der Waals surface area contributed by atoms with E-state index in [-0.39, 0.29) is 29.7 Å². The van der Waals surface area contributed by atoms with Crippen LogP contribution in [-0.4, -0.2) is 46.4 Å². The van der Waals surface area contributed by atoms with E-state index in [1.165, 1.54) is 16.5 Å². The average Bonchev–Trinajstić information content (AvgIpc) is 2.93. The van der Waals surface area contributed by atoms with Gasteiger partial charge in [0.2, 0.25) is 11.8 Å². The molecule has 1 unspecified atom stereocenters. The van der Waals surface area contributed by atoms with Crippen LogP contribution in [0.2, 0.25) is 0 Å². The Morgan fingerprint density at radius 2 is 2.00 bits per heavy atom. The predicted octanol–water partition coefficient (Wildman–Crippen LogP) is 0.386. The summed E-state index contributed by atoms with van der Waals surface area (Å²) >= 11 is 0. The molecule has 27 heavy (non-hydrogen) atoms. The van der Waals surface area contributed by atoms with E-state index in [1.54, 1.807) is 4.90 Å². The maximum Gasteiger partial charge on any atom is 0.330 e. The number of carbonyl (C=O) groups excluding carboxylic acids is 2. The van der Waals surface area contributed by atoms with Crippen LogP contribution in [0.3, 0.4) is 0 Å². The minimum Gasteiger partial charge on any atom is -0.383 e. The van der Waals surface area contributed by atoms with Gasteiger partial charge >= 0.3 is 5.69 Å². The molecule has 0 aromatic carbocycles. The smallest absolute Gasteiger partial charge is 0.330 e. The molecule has 1 atom stereocenters. The highest BCUT2D eigenvalue weighted by Crippen LogP contribution is 2.24. The summed E-state index contributed by atoms with van der Waals surface area (Å²) in [4.78, 5) is 54.4. The van der Waals surface area contributed by atoms with Gasteiger partial charge in [-0.1, -0.05) is 27.2 Å². The number of carbonyl (C=O) groups is 2. The molecular formula is C18H29N5O4. The van der Waals surface area contributed by atoms with Crippen LogP contribution < -0.4 is 21.9 Å². The highest BCUT2D eigenvalue weighted by Gasteiger charge is 2.37. The van der Waals surface area contributed by atoms with Gasteiger partial charge in [0.1, 0.15) is 5.82 Å². The number of nitrogens with two attached hydrogens (primary N) is 1. The lowest BCUT2D eigenvalue weighted by Gasteiger charge is -2.23. The number of nitrogen functional groups attached to an aromatic ring is 1. The molecule has 1 aliphatic heterocycles. The molecular weight excluding hydrogens is 350 g/mol. The average molecular weight is 379 g/mol. The minimum atomic E-state index is -0.704. The van der Waals surface area contributed by atoms with Crippen molar-refractivity contribution < 1.29 is 9.59 Å². The Hall–Kier alpha value is -2.58. The second-order valence-corrected chi connectivity index (χ2v) is 7.49. The zero-order chi connectivity index (χ0) is 20.3. The van der Waals surface area contributed by atoms with Gasteiger partial charge < -0.3 is 15.5 Å². The quantitative estimate of drug-likeness (QED) is 0.710. The lowest BCUT2D eigenvalue weighted by molar-refractivity contribution is -0.128. The third kappa shape index (κ3) is 4.40. The lowest BCUT2D eigenvalue weighted by Crippen LogP contribution is -2.42. The summed E-state index contributed by atoms with van der Waals surface area (Å²) < 4.78 is 1.27. The van der Waals surface area contributed by atoms with Gasteiger partial charge in [-0.2, -0.15) is 0 Å². The molecule has 2 amide bonds. The molecule has 0 saturated carbocycles. The zero-order valence-corrected chi connectivity index (χ0v) is 16.4. The number of aromatic amines is 1. The van der Waals surface area contributed by atoms with E-state index in [2.05, 4.69) is 4.98 Å². The summed E-state index contributed by atoms with van der Waals surface area (Å²) in [6.45, 7) is 7.27. The number of nitrogens with one attached hydrogen (secondary N) is 1. The number of likely N-dealkylation sites (tertiary alicyclic amines) is 1. The Kier molecular flexibility index (Phi) is 6.45. The molecule has 1 fully saturated rings. The first-order valence-corrected chi connectivity index (χ1v) is 9.35. The molecule has 9 heteroatoms. The first-order chi connectivity index (χ1) is 12.7. The van der Waals surface area contributed by atoms with Crippen molar-refractivity contribution in [2.45, 2.75) is 46.6 Å². The summed E-state index contributed by atoms with van der Waals surface area (Å²) in [7, 11) is 1.45. The Labute approximate surface area is 158 Å². The first kappa shape index (κ1) is 20.7. The van der Waals surface area contributed by atoms with E-state index in [0.717, 1.165) is 6.42 Å². The molecule has 0 spiro atoms. The van der Waals surface area contributed by atoms with Crippen molar-refractivity contribution >= 4 is 23.3 Å². The van der Waals surface area contributed by atoms with Gasteiger partial charge in [-0.05, 0) is 12.3 Å². The molecule has 0 aliphatic carbocycles. The second kappa shape index (κ2) is 8.41. The largest absolute Gasteiger partial charge is 0.383 e. The van der Waals surface area contributed by atoms with Gasteiger partial charge in [0.25, 0.3) is 5.56 Å². The normalized spacial score (nSPS) is 17.0. The molecule has 2 heterocycles. The van der Waals surface area contributed by atoms with Gasteiger partial charge in [-0.3, -0.25) is 23.9 Å². The molecule has 3 N–H and O–H groups in total. The number of hydrogen-bond acceptors (Lipinski definition) is 5. The van der Waals surface area contributed by atoms with Crippen LogP contribution in [0.5, 0.6) is 0 Å². The van der Waals surface area contributed by atoms with E-state index in [1.807, 2.05) is 20.8 Å². The molecule has 1 aromatic rings. The van der Waals surface area contributed by atoms with Crippen LogP contribution in [0, 0.1) is 11.8 Å². The molecule has 0 radical (unpaired) electrons. The van der Waals surface area contributed by atoms with Crippen LogP contribution in [0.15, 0.2) is 9.59 Å². The second-order valence-electron chi connectivity index (χ2n) is 7.49. The van der Waals surface area contributed by atoms with Gasteiger partial charge in [0, 0.05) is 33.1 Å². The monoisotopic (exact) mass is 379 g/mol. The number of aromatic nitrogens is 2. The third-order valence-electron chi connectivity index (χ3n) is 4.76. The molecule has 2 rings (SSSR count). The fourth-order valence-electron chi connectivity index (χ4n) is 3.38. The standard InChI is InChI=1S/C18H29N5O4/c1-5-6-7-23-15(19)14(16(25)20-18(23)27)21(4)17(26)12-8-13(24)22(10-12)9-11(2)3/h11-12H,5-10,19H2,1-4H3,(H,20,25,27). The van der Waals surface area contributed by atoms with Crippen molar-refractivity contribution in [2.75, 3.05) is 30.8 Å². The number of rotatable bonds is 7. The van der Waals surface area contributed by atoms with Crippen LogP contribution in [0.1, 0.15) is 40.0 Å². The maximum atomic E-state index is 12.9. The van der Waals surface area contributed by atoms with Crippen LogP contribution in [0.25, 0.3) is 0 Å². The fraction of sp³-hybridized carbons (Fsp3) is 0.667. The van der Waals surface area contributed by atoms with Crippen LogP contribution in [0.4, 0.5) is 11.5 Å². The van der Waals surface area contributed by atoms with E-state index in [9.17, 15) is 19.2 Å². The van der Waals surface area contributed by atoms with Crippen molar-refractivity contribution in [1.82, 2.24) is 14.5 Å². The Bertz CT molecular complexity index is 826. The van der Waals surface area contributed by atoms with Crippen molar-refractivity contribution in [3.05, 3.63) is 20.8 Å². The maximum absolute atomic E-state index is 12.9. The first-order valence-electron chi connectivity index (χ1n) is 9.35. The summed E-state index contributed by atoms with van der Waals surface area (Å²) in [5, 5.41) is 0. The van der Waals surface area contributed by atoms with Crippen molar-refractivity contribution in [3.8, 4) is 0 Å². The van der Waals surface area contributed by atoms with E-state index < -0.39 is 17.2 Å². The predicted molar refractivity (Wildman–Crippen MR) is 104 cm³/mol. The number of unbranched alkanes of at least 4 members (excludes halogenated alkanes) is 1. The topological polar surface area (TPSA) is 121 Å². The van der Waals surface area contributed by atoms with Gasteiger partial charge in [0.05, 0.1) is 5.92 Å². The SMILES string of the molecule is CCCCn1c(N)c(N(C)C(=O)C2CC(=O)N(CC(C)C)C2)c(=O)[nH]c1=O. The van der Waals surface area contributed by atoms with Crippen molar-refractivity contribution in [1.29, 1.82) is 0 Å². The number of H-pyrrole nitrogens is 1. The van der Waals surface area contributed by atoms with Crippen molar-refractivity contribution in [3.63, 3.8) is 0 Å². The molecule has 0 bridgehead atoms. The van der Waals surface area contributed by atoms with Gasteiger partial charge in [-0.15, -0.1) is 0 Å².